The van der Waals surface area contributed by atoms with Gasteiger partial charge in [-0.1, -0.05) is 0 Å². The largest absolute Gasteiger partial charge is 0.478 e. The molecule has 1 atom stereocenters. The van der Waals surface area contributed by atoms with Gasteiger partial charge in [-0.25, -0.2) is 4.79 Å². The zero-order chi connectivity index (χ0) is 14.3. The molecule has 1 aromatic carbocycles. The Morgan fingerprint density at radius 3 is 2.80 bits per heavy atom. The SMILES string of the molecule is O=C1CCC(c2cc(C(=O)O)cc3[nH]ccc23)C(=O)N1. The summed E-state index contributed by atoms with van der Waals surface area (Å²) in [4.78, 5) is 37.3. The van der Waals surface area contributed by atoms with E-state index in [1.807, 2.05) is 0 Å². The zero-order valence-corrected chi connectivity index (χ0v) is 10.5. The van der Waals surface area contributed by atoms with E-state index in [0.717, 1.165) is 5.39 Å². The number of carbonyl (C=O) groups is 3. The van der Waals surface area contributed by atoms with Crippen LogP contribution in [0.5, 0.6) is 0 Å². The molecule has 1 fully saturated rings. The number of rotatable bonds is 2. The highest BCUT2D eigenvalue weighted by atomic mass is 16.4. The number of nitrogens with one attached hydrogen (secondary N) is 2. The molecule has 20 heavy (non-hydrogen) atoms. The fourth-order valence-corrected chi connectivity index (χ4v) is 2.60. The molecule has 0 aliphatic carbocycles. The van der Waals surface area contributed by atoms with Crippen molar-refractivity contribution in [2.24, 2.45) is 0 Å². The minimum Gasteiger partial charge on any atom is -0.478 e. The van der Waals surface area contributed by atoms with Crippen LogP contribution in [0, 0.1) is 0 Å². The molecule has 1 aliphatic rings. The minimum atomic E-state index is -1.05. The summed E-state index contributed by atoms with van der Waals surface area (Å²) in [6, 6.07) is 4.85. The van der Waals surface area contributed by atoms with Crippen molar-refractivity contribution in [3.63, 3.8) is 0 Å². The first kappa shape index (κ1) is 12.4. The lowest BCUT2D eigenvalue weighted by molar-refractivity contribution is -0.134. The first-order valence-electron chi connectivity index (χ1n) is 6.24. The van der Waals surface area contributed by atoms with E-state index in [1.54, 1.807) is 12.3 Å². The van der Waals surface area contributed by atoms with E-state index < -0.39 is 11.9 Å². The molecular formula is C14H12N2O4. The Bertz CT molecular complexity index is 732. The second kappa shape index (κ2) is 4.48. The number of aromatic amines is 1. The molecule has 2 amide bonds. The second-order valence-electron chi connectivity index (χ2n) is 4.81. The van der Waals surface area contributed by atoms with Gasteiger partial charge in [0.05, 0.1) is 11.5 Å². The summed E-state index contributed by atoms with van der Waals surface area (Å²) in [7, 11) is 0. The summed E-state index contributed by atoms with van der Waals surface area (Å²) >= 11 is 0. The molecule has 2 aromatic rings. The number of imide groups is 1. The molecule has 0 radical (unpaired) electrons. The molecule has 3 N–H and O–H groups in total. The standard InChI is InChI=1S/C14H12N2O4/c17-12-2-1-9(13(18)16-12)10-5-7(14(19)20)6-11-8(10)3-4-15-11/h3-6,9,15H,1-2H2,(H,19,20)(H,16,17,18). The van der Waals surface area contributed by atoms with Crippen LogP contribution < -0.4 is 5.32 Å². The highest BCUT2D eigenvalue weighted by molar-refractivity contribution is 6.04. The molecule has 3 rings (SSSR count). The number of benzene rings is 1. The summed E-state index contributed by atoms with van der Waals surface area (Å²) in [6.45, 7) is 0. The van der Waals surface area contributed by atoms with Crippen LogP contribution >= 0.6 is 0 Å². The Labute approximate surface area is 113 Å². The number of H-pyrrole nitrogens is 1. The summed E-state index contributed by atoms with van der Waals surface area (Å²) in [5, 5.41) is 12.3. The van der Waals surface area contributed by atoms with Gasteiger partial charge in [0.1, 0.15) is 0 Å². The zero-order valence-electron chi connectivity index (χ0n) is 10.5. The lowest BCUT2D eigenvalue weighted by atomic mass is 9.87. The lowest BCUT2D eigenvalue weighted by Gasteiger charge is -2.22. The number of fused-ring (bicyclic) bond motifs is 1. The van der Waals surface area contributed by atoms with E-state index in [4.69, 9.17) is 5.11 Å². The van der Waals surface area contributed by atoms with E-state index in [0.29, 0.717) is 17.5 Å². The van der Waals surface area contributed by atoms with Crippen LogP contribution in [0.25, 0.3) is 10.9 Å². The van der Waals surface area contributed by atoms with Gasteiger partial charge in [0.15, 0.2) is 0 Å². The molecule has 2 heterocycles. The van der Waals surface area contributed by atoms with Crippen LogP contribution in [0.2, 0.25) is 0 Å². The first-order valence-corrected chi connectivity index (χ1v) is 6.24. The van der Waals surface area contributed by atoms with Gasteiger partial charge in [-0.2, -0.15) is 0 Å². The number of carboxylic acids is 1. The molecule has 6 heteroatoms. The number of aromatic nitrogens is 1. The number of carboxylic acid groups (broad SMARTS) is 1. The fourth-order valence-electron chi connectivity index (χ4n) is 2.60. The van der Waals surface area contributed by atoms with Crippen molar-refractivity contribution in [3.8, 4) is 0 Å². The summed E-state index contributed by atoms with van der Waals surface area (Å²) < 4.78 is 0. The van der Waals surface area contributed by atoms with Gasteiger partial charge in [0.25, 0.3) is 0 Å². The Hall–Kier alpha value is -2.63. The molecular weight excluding hydrogens is 260 g/mol. The van der Waals surface area contributed by atoms with Crippen LogP contribution in [0.1, 0.15) is 34.7 Å². The summed E-state index contributed by atoms with van der Waals surface area (Å²) in [6.07, 6.45) is 2.36. The maximum Gasteiger partial charge on any atom is 0.335 e. The Balaban J connectivity index is 2.14. The monoisotopic (exact) mass is 272 g/mol. The highest BCUT2D eigenvalue weighted by Crippen LogP contribution is 2.31. The third-order valence-corrected chi connectivity index (χ3v) is 3.56. The topological polar surface area (TPSA) is 99.3 Å². The van der Waals surface area contributed by atoms with Crippen LogP contribution in [0.3, 0.4) is 0 Å². The molecule has 102 valence electrons. The summed E-state index contributed by atoms with van der Waals surface area (Å²) in [5.41, 5.74) is 1.44. The average molecular weight is 272 g/mol. The van der Waals surface area contributed by atoms with E-state index in [-0.39, 0.29) is 23.8 Å². The van der Waals surface area contributed by atoms with Gasteiger partial charge < -0.3 is 10.1 Å². The minimum absolute atomic E-state index is 0.125. The smallest absolute Gasteiger partial charge is 0.335 e. The van der Waals surface area contributed by atoms with E-state index in [1.165, 1.54) is 12.1 Å². The number of hydrogen-bond acceptors (Lipinski definition) is 3. The third kappa shape index (κ3) is 1.95. The molecule has 1 saturated heterocycles. The average Bonchev–Trinajstić information content (AvgIpc) is 2.86. The van der Waals surface area contributed by atoms with Crippen LogP contribution in [0.4, 0.5) is 0 Å². The number of carbonyl (C=O) groups excluding carboxylic acids is 2. The molecule has 1 aliphatic heterocycles. The van der Waals surface area contributed by atoms with Crippen molar-refractivity contribution < 1.29 is 19.5 Å². The van der Waals surface area contributed by atoms with E-state index in [9.17, 15) is 14.4 Å². The molecule has 0 spiro atoms. The van der Waals surface area contributed by atoms with Crippen LogP contribution in [-0.2, 0) is 9.59 Å². The van der Waals surface area contributed by atoms with Crippen molar-refractivity contribution in [2.45, 2.75) is 18.8 Å². The fraction of sp³-hybridized carbons (Fsp3) is 0.214. The molecule has 6 nitrogen and oxygen atoms in total. The predicted molar refractivity (Wildman–Crippen MR) is 70.4 cm³/mol. The van der Waals surface area contributed by atoms with Crippen molar-refractivity contribution in [1.29, 1.82) is 0 Å². The Morgan fingerprint density at radius 2 is 2.10 bits per heavy atom. The quantitative estimate of drug-likeness (QED) is 0.719. The third-order valence-electron chi connectivity index (χ3n) is 3.56. The first-order chi connectivity index (χ1) is 9.56. The van der Waals surface area contributed by atoms with Crippen molar-refractivity contribution in [2.75, 3.05) is 0 Å². The lowest BCUT2D eigenvalue weighted by Crippen LogP contribution is -2.39. The number of hydrogen-bond donors (Lipinski definition) is 3. The maximum atomic E-state index is 12.0. The normalized spacial score (nSPS) is 19.1. The molecule has 1 aromatic heterocycles. The van der Waals surface area contributed by atoms with Crippen molar-refractivity contribution >= 4 is 28.7 Å². The van der Waals surface area contributed by atoms with Gasteiger partial charge >= 0.3 is 5.97 Å². The number of piperidine rings is 1. The predicted octanol–water partition coefficient (Wildman–Crippen LogP) is 1.39. The van der Waals surface area contributed by atoms with Gasteiger partial charge in [0.2, 0.25) is 11.8 Å². The van der Waals surface area contributed by atoms with Gasteiger partial charge in [-0.3, -0.25) is 14.9 Å². The molecule has 1 unspecified atom stereocenters. The molecule has 0 bridgehead atoms. The molecule has 0 saturated carbocycles. The van der Waals surface area contributed by atoms with E-state index in [2.05, 4.69) is 10.3 Å². The Morgan fingerprint density at radius 1 is 1.30 bits per heavy atom. The van der Waals surface area contributed by atoms with E-state index >= 15 is 0 Å². The maximum absolute atomic E-state index is 12.0. The van der Waals surface area contributed by atoms with Gasteiger partial charge in [-0.05, 0) is 30.2 Å². The van der Waals surface area contributed by atoms with Crippen LogP contribution in [-0.4, -0.2) is 27.9 Å². The number of aromatic carboxylic acids is 1. The van der Waals surface area contributed by atoms with Gasteiger partial charge in [-0.15, -0.1) is 0 Å². The van der Waals surface area contributed by atoms with Gasteiger partial charge in [0, 0.05) is 23.5 Å². The Kier molecular flexibility index (Phi) is 2.78. The number of amides is 2. The van der Waals surface area contributed by atoms with Crippen molar-refractivity contribution in [1.82, 2.24) is 10.3 Å². The van der Waals surface area contributed by atoms with Crippen LogP contribution in [0.15, 0.2) is 24.4 Å². The second-order valence-corrected chi connectivity index (χ2v) is 4.81. The summed E-state index contributed by atoms with van der Waals surface area (Å²) in [5.74, 6) is -2.20. The highest BCUT2D eigenvalue weighted by Gasteiger charge is 2.30. The van der Waals surface area contributed by atoms with Crippen molar-refractivity contribution in [3.05, 3.63) is 35.5 Å².